The number of halogens is 4. The number of carbonyl (C=O) groups is 1. The van der Waals surface area contributed by atoms with Gasteiger partial charge in [0, 0.05) is 18.5 Å². The van der Waals surface area contributed by atoms with Crippen molar-refractivity contribution in [3.63, 3.8) is 0 Å². The molecule has 0 radical (unpaired) electrons. The molecule has 1 amide bonds. The summed E-state index contributed by atoms with van der Waals surface area (Å²) in [7, 11) is 0. The fourth-order valence-corrected chi connectivity index (χ4v) is 3.73. The van der Waals surface area contributed by atoms with Crippen molar-refractivity contribution in [2.45, 2.75) is 32.2 Å². The summed E-state index contributed by atoms with van der Waals surface area (Å²) in [4.78, 5) is 20.2. The number of aryl methyl sites for hydroxylation is 1. The van der Waals surface area contributed by atoms with Crippen LogP contribution in [0.4, 0.5) is 17.6 Å². The molecule has 0 spiro atoms. The zero-order valence-corrected chi connectivity index (χ0v) is 18.3. The summed E-state index contributed by atoms with van der Waals surface area (Å²) in [5, 5.41) is 4.16. The number of nitrogens with zero attached hydrogens (tertiary/aromatic N) is 2. The largest absolute Gasteiger partial charge is 0.416 e. The van der Waals surface area contributed by atoms with Crippen molar-refractivity contribution < 1.29 is 27.2 Å². The molecule has 0 aromatic heterocycles. The van der Waals surface area contributed by atoms with E-state index in [1.807, 2.05) is 31.2 Å². The molecule has 34 heavy (non-hydrogen) atoms. The fraction of sp³-hybridized carbons (Fsp3) is 0.231. The van der Waals surface area contributed by atoms with Gasteiger partial charge in [-0.3, -0.25) is 4.79 Å². The second-order valence-corrected chi connectivity index (χ2v) is 8.23. The van der Waals surface area contributed by atoms with E-state index in [0.717, 1.165) is 35.0 Å². The molecular weight excluding hydrogens is 448 g/mol. The van der Waals surface area contributed by atoms with E-state index in [1.165, 1.54) is 35.2 Å². The van der Waals surface area contributed by atoms with Crippen molar-refractivity contribution >= 4 is 11.6 Å². The van der Waals surface area contributed by atoms with Crippen LogP contribution in [-0.2, 0) is 17.6 Å². The molecule has 0 N–H and O–H groups in total. The van der Waals surface area contributed by atoms with Gasteiger partial charge in [-0.15, -0.1) is 0 Å². The SMILES string of the molecule is Cc1ccc(C2=NO[C@H](CN(Cc3ccc(C(F)(F)F)cc3)C(=O)c3cccc(F)c3)C2)cc1. The van der Waals surface area contributed by atoms with Crippen molar-refractivity contribution in [3.05, 3.63) is 106 Å². The number of amides is 1. The Kier molecular flexibility index (Phi) is 6.68. The van der Waals surface area contributed by atoms with E-state index in [9.17, 15) is 22.4 Å². The van der Waals surface area contributed by atoms with Crippen LogP contribution in [0.15, 0.2) is 78.0 Å². The maximum atomic E-state index is 13.7. The summed E-state index contributed by atoms with van der Waals surface area (Å²) in [6.45, 7) is 2.15. The molecule has 0 saturated carbocycles. The van der Waals surface area contributed by atoms with E-state index in [0.29, 0.717) is 12.0 Å². The monoisotopic (exact) mass is 470 g/mol. The summed E-state index contributed by atoms with van der Waals surface area (Å²) in [6.07, 6.45) is -4.43. The van der Waals surface area contributed by atoms with Crippen LogP contribution in [0.5, 0.6) is 0 Å². The number of hydrogen-bond acceptors (Lipinski definition) is 3. The molecule has 1 aliphatic rings. The van der Waals surface area contributed by atoms with Gasteiger partial charge in [0.25, 0.3) is 5.91 Å². The molecule has 1 heterocycles. The lowest BCUT2D eigenvalue weighted by Crippen LogP contribution is -2.37. The number of carbonyl (C=O) groups excluding carboxylic acids is 1. The minimum atomic E-state index is -4.45. The average Bonchev–Trinajstić information content (AvgIpc) is 3.27. The van der Waals surface area contributed by atoms with Crippen LogP contribution in [-0.4, -0.2) is 29.2 Å². The average molecular weight is 470 g/mol. The molecule has 4 nitrogen and oxygen atoms in total. The van der Waals surface area contributed by atoms with Gasteiger partial charge in [0.1, 0.15) is 5.82 Å². The van der Waals surface area contributed by atoms with Gasteiger partial charge in [0.2, 0.25) is 0 Å². The molecule has 0 fully saturated rings. The van der Waals surface area contributed by atoms with Crippen molar-refractivity contribution in [1.82, 2.24) is 4.90 Å². The topological polar surface area (TPSA) is 41.9 Å². The maximum Gasteiger partial charge on any atom is 0.416 e. The summed E-state index contributed by atoms with van der Waals surface area (Å²) < 4.78 is 52.5. The molecule has 176 valence electrons. The predicted octanol–water partition coefficient (Wildman–Crippen LogP) is 5.99. The first-order valence-corrected chi connectivity index (χ1v) is 10.7. The Morgan fingerprint density at radius 2 is 1.76 bits per heavy atom. The Labute approximate surface area is 194 Å². The Hall–Kier alpha value is -3.68. The number of alkyl halides is 3. The Bertz CT molecular complexity index is 1190. The minimum Gasteiger partial charge on any atom is -0.390 e. The highest BCUT2D eigenvalue weighted by molar-refractivity contribution is 6.01. The molecule has 1 atom stereocenters. The molecule has 8 heteroatoms. The zero-order chi connectivity index (χ0) is 24.3. The highest BCUT2D eigenvalue weighted by Crippen LogP contribution is 2.29. The van der Waals surface area contributed by atoms with Crippen molar-refractivity contribution in [2.75, 3.05) is 6.54 Å². The normalized spacial score (nSPS) is 15.6. The van der Waals surface area contributed by atoms with Crippen molar-refractivity contribution in [1.29, 1.82) is 0 Å². The standard InChI is InChI=1S/C26H22F4N2O2/c1-17-5-9-19(10-6-17)24-14-23(34-31-24)16-32(25(33)20-3-2-4-22(27)13-20)15-18-7-11-21(12-8-18)26(28,29)30/h2-13,23H,14-16H2,1H3/t23-/m0/s1. The second-order valence-electron chi connectivity index (χ2n) is 8.23. The first-order chi connectivity index (χ1) is 16.2. The lowest BCUT2D eigenvalue weighted by Gasteiger charge is -2.25. The van der Waals surface area contributed by atoms with E-state index >= 15 is 0 Å². The Balaban J connectivity index is 1.52. The van der Waals surface area contributed by atoms with E-state index in [4.69, 9.17) is 4.84 Å². The van der Waals surface area contributed by atoms with Crippen LogP contribution < -0.4 is 0 Å². The van der Waals surface area contributed by atoms with Crippen molar-refractivity contribution in [2.24, 2.45) is 5.16 Å². The van der Waals surface area contributed by atoms with Gasteiger partial charge < -0.3 is 9.74 Å². The summed E-state index contributed by atoms with van der Waals surface area (Å²) >= 11 is 0. The van der Waals surface area contributed by atoms with Gasteiger partial charge in [0.15, 0.2) is 6.10 Å². The molecule has 3 aromatic carbocycles. The van der Waals surface area contributed by atoms with Crippen LogP contribution in [0.3, 0.4) is 0 Å². The second kappa shape index (κ2) is 9.67. The lowest BCUT2D eigenvalue weighted by atomic mass is 10.0. The summed E-state index contributed by atoms with van der Waals surface area (Å²) in [5.74, 6) is -1.01. The maximum absolute atomic E-state index is 13.7. The molecule has 1 aliphatic heterocycles. The van der Waals surface area contributed by atoms with E-state index in [2.05, 4.69) is 5.16 Å². The van der Waals surface area contributed by atoms with Crippen molar-refractivity contribution in [3.8, 4) is 0 Å². The lowest BCUT2D eigenvalue weighted by molar-refractivity contribution is -0.137. The van der Waals surface area contributed by atoms with Gasteiger partial charge in [0.05, 0.1) is 17.8 Å². The minimum absolute atomic E-state index is 0.0349. The summed E-state index contributed by atoms with van der Waals surface area (Å²) in [6, 6.07) is 17.7. The van der Waals surface area contributed by atoms with E-state index in [-0.39, 0.29) is 18.7 Å². The van der Waals surface area contributed by atoms with Gasteiger partial charge >= 0.3 is 6.18 Å². The molecule has 3 aromatic rings. The molecule has 4 rings (SSSR count). The van der Waals surface area contributed by atoms with Gasteiger partial charge in [-0.2, -0.15) is 13.2 Å². The van der Waals surface area contributed by atoms with Gasteiger partial charge in [-0.05, 0) is 48.4 Å². The summed E-state index contributed by atoms with van der Waals surface area (Å²) in [5.41, 5.74) is 2.66. The molecule has 0 bridgehead atoms. The van der Waals surface area contributed by atoms with Crippen LogP contribution in [0, 0.1) is 12.7 Å². The predicted molar refractivity (Wildman–Crippen MR) is 120 cm³/mol. The number of benzene rings is 3. The quantitative estimate of drug-likeness (QED) is 0.416. The molecule has 0 saturated heterocycles. The number of rotatable bonds is 6. The Morgan fingerprint density at radius 3 is 2.41 bits per heavy atom. The van der Waals surface area contributed by atoms with Crippen LogP contribution in [0.2, 0.25) is 0 Å². The molecular formula is C26H22F4N2O2. The zero-order valence-electron chi connectivity index (χ0n) is 18.3. The van der Waals surface area contributed by atoms with E-state index < -0.39 is 29.6 Å². The van der Waals surface area contributed by atoms with Gasteiger partial charge in [-0.25, -0.2) is 4.39 Å². The number of hydrogen-bond donors (Lipinski definition) is 0. The highest BCUT2D eigenvalue weighted by atomic mass is 19.4. The third-order valence-electron chi connectivity index (χ3n) is 5.56. The third kappa shape index (κ3) is 5.62. The first kappa shape index (κ1) is 23.5. The van der Waals surface area contributed by atoms with Crippen LogP contribution in [0.1, 0.15) is 39.0 Å². The smallest absolute Gasteiger partial charge is 0.390 e. The highest BCUT2D eigenvalue weighted by Gasteiger charge is 2.31. The van der Waals surface area contributed by atoms with Crippen LogP contribution in [0.25, 0.3) is 0 Å². The van der Waals surface area contributed by atoms with Gasteiger partial charge in [-0.1, -0.05) is 53.2 Å². The first-order valence-electron chi connectivity index (χ1n) is 10.7. The Morgan fingerprint density at radius 1 is 1.06 bits per heavy atom. The van der Waals surface area contributed by atoms with E-state index in [1.54, 1.807) is 0 Å². The molecule has 0 unspecified atom stereocenters. The number of oxime groups is 1. The fourth-order valence-electron chi connectivity index (χ4n) is 3.73. The third-order valence-corrected chi connectivity index (χ3v) is 5.56. The van der Waals surface area contributed by atoms with Crippen LogP contribution >= 0.6 is 0 Å². The molecule has 0 aliphatic carbocycles.